The highest BCUT2D eigenvalue weighted by molar-refractivity contribution is 7.26. The lowest BCUT2D eigenvalue weighted by Crippen LogP contribution is -1.96. The Morgan fingerprint density at radius 1 is 0.674 bits per heavy atom. The van der Waals surface area contributed by atoms with Crippen LogP contribution in [-0.4, -0.2) is 19.1 Å². The highest BCUT2D eigenvalue weighted by Crippen LogP contribution is 2.48. The van der Waals surface area contributed by atoms with Gasteiger partial charge >= 0.3 is 0 Å². The van der Waals surface area contributed by atoms with Gasteiger partial charge in [-0.05, 0) is 48.5 Å². The number of hydrogen-bond donors (Lipinski definition) is 0. The highest BCUT2D eigenvalue weighted by Gasteiger charge is 2.22. The summed E-state index contributed by atoms with van der Waals surface area (Å²) >= 11 is 1.78. The van der Waals surface area contributed by atoms with Crippen LogP contribution in [0, 0.1) is 0 Å². The maximum atomic E-state index is 6.83. The molecule has 9 aromatic rings. The maximum absolute atomic E-state index is 6.83. The second-order valence-corrected chi connectivity index (χ2v) is 11.8. The molecule has 4 aromatic heterocycles. The summed E-state index contributed by atoms with van der Waals surface area (Å²) in [5, 5.41) is 4.86. The fourth-order valence-electron chi connectivity index (χ4n) is 6.35. The molecule has 43 heavy (non-hydrogen) atoms. The topological polar surface area (TPSA) is 44.9 Å². The Balaban J connectivity index is 1.30. The average Bonchev–Trinajstić information content (AvgIpc) is 3.71. The summed E-state index contributed by atoms with van der Waals surface area (Å²) in [6.45, 7) is 0. The molecule has 9 rings (SSSR count). The number of fused-ring (bicyclic) bond motifs is 8. The van der Waals surface area contributed by atoms with Crippen LogP contribution in [0.5, 0.6) is 11.5 Å². The van der Waals surface area contributed by atoms with E-state index in [2.05, 4.69) is 95.0 Å². The first-order chi connectivity index (χ1) is 21.2. The molecule has 5 nitrogen and oxygen atoms in total. The second kappa shape index (κ2) is 9.28. The minimum absolute atomic E-state index is 0.767. The normalized spacial score (nSPS) is 11.8. The molecule has 204 valence electrons. The van der Waals surface area contributed by atoms with Crippen molar-refractivity contribution in [3.8, 4) is 28.7 Å². The zero-order valence-electron chi connectivity index (χ0n) is 23.2. The molecule has 0 bridgehead atoms. The first kappa shape index (κ1) is 24.2. The largest absolute Gasteiger partial charge is 0.456 e. The van der Waals surface area contributed by atoms with Gasteiger partial charge in [0.05, 0.1) is 26.8 Å². The van der Waals surface area contributed by atoms with E-state index < -0.39 is 0 Å². The van der Waals surface area contributed by atoms with Crippen LogP contribution in [-0.2, 0) is 7.05 Å². The van der Waals surface area contributed by atoms with E-state index in [0.29, 0.717) is 0 Å². The number of benzene rings is 5. The number of nitrogens with zero attached hydrogens (tertiary/aromatic N) is 4. The predicted octanol–water partition coefficient (Wildman–Crippen LogP) is 9.89. The third-order valence-corrected chi connectivity index (χ3v) is 9.42. The quantitative estimate of drug-likeness (QED) is 0.211. The predicted molar refractivity (Wildman–Crippen MR) is 178 cm³/mol. The third kappa shape index (κ3) is 3.63. The van der Waals surface area contributed by atoms with Gasteiger partial charge in [0.25, 0.3) is 0 Å². The van der Waals surface area contributed by atoms with E-state index in [1.165, 1.54) is 26.2 Å². The zero-order valence-corrected chi connectivity index (χ0v) is 24.0. The van der Waals surface area contributed by atoms with Crippen molar-refractivity contribution in [2.24, 2.45) is 7.05 Å². The van der Waals surface area contributed by atoms with E-state index in [9.17, 15) is 0 Å². The van der Waals surface area contributed by atoms with Crippen molar-refractivity contribution in [1.82, 2.24) is 19.1 Å². The van der Waals surface area contributed by atoms with Gasteiger partial charge in [0.2, 0.25) is 0 Å². The number of imidazole rings is 1. The highest BCUT2D eigenvalue weighted by atomic mass is 32.1. The van der Waals surface area contributed by atoms with Crippen molar-refractivity contribution in [2.45, 2.75) is 0 Å². The van der Waals surface area contributed by atoms with Crippen LogP contribution in [0.4, 0.5) is 0 Å². The number of para-hydroxylation sites is 3. The van der Waals surface area contributed by atoms with Crippen LogP contribution in [0.3, 0.4) is 0 Å². The molecule has 6 heteroatoms. The Hall–Kier alpha value is -5.46. The number of aryl methyl sites for hydroxylation is 1. The summed E-state index contributed by atoms with van der Waals surface area (Å²) in [6, 6.07) is 41.9. The monoisotopic (exact) mass is 572 g/mol. The standard InChI is InChI=1S/C37H24N4OS/c1-40-29-17-6-4-15-27(29)39-37(40)23-11-10-12-24(21-23)42-31-22-30-34(35-26-14-3-7-18-32(26)43-36(31)35)25-13-2-5-16-28(25)41(30)33-19-8-9-20-38-33/h2-22H,1H3. The van der Waals surface area contributed by atoms with E-state index in [0.717, 1.165) is 55.5 Å². The number of ether oxygens (including phenoxy) is 1. The zero-order chi connectivity index (χ0) is 28.5. The smallest absolute Gasteiger partial charge is 0.147 e. The third-order valence-electron chi connectivity index (χ3n) is 8.23. The van der Waals surface area contributed by atoms with Crippen molar-refractivity contribution >= 4 is 64.3 Å². The van der Waals surface area contributed by atoms with Crippen LogP contribution in [0.2, 0.25) is 0 Å². The van der Waals surface area contributed by atoms with Gasteiger partial charge in [-0.15, -0.1) is 11.3 Å². The van der Waals surface area contributed by atoms with Crippen molar-refractivity contribution in [2.75, 3.05) is 0 Å². The van der Waals surface area contributed by atoms with Gasteiger partial charge in [0, 0.05) is 51.1 Å². The molecule has 0 saturated heterocycles. The molecule has 0 saturated carbocycles. The molecular weight excluding hydrogens is 549 g/mol. The molecular formula is C37H24N4OS. The summed E-state index contributed by atoms with van der Waals surface area (Å²) in [5.74, 6) is 3.38. The summed E-state index contributed by atoms with van der Waals surface area (Å²) in [6.07, 6.45) is 1.85. The number of rotatable bonds is 4. The van der Waals surface area contributed by atoms with Gasteiger partial charge < -0.3 is 9.30 Å². The lowest BCUT2D eigenvalue weighted by Gasteiger charge is -2.11. The van der Waals surface area contributed by atoms with Crippen LogP contribution in [0.15, 0.2) is 128 Å². The number of thiophene rings is 1. The van der Waals surface area contributed by atoms with E-state index in [-0.39, 0.29) is 0 Å². The number of aromatic nitrogens is 4. The molecule has 0 aliphatic heterocycles. The van der Waals surface area contributed by atoms with Crippen molar-refractivity contribution in [3.63, 3.8) is 0 Å². The minimum atomic E-state index is 0.767. The average molecular weight is 573 g/mol. The Morgan fingerprint density at radius 3 is 2.33 bits per heavy atom. The summed E-state index contributed by atoms with van der Waals surface area (Å²) in [5.41, 5.74) is 5.27. The molecule has 0 unspecified atom stereocenters. The van der Waals surface area contributed by atoms with Crippen LogP contribution in [0.25, 0.3) is 70.2 Å². The Labute approximate surface area is 250 Å². The molecule has 0 aliphatic carbocycles. The fraction of sp³-hybridized carbons (Fsp3) is 0.0270. The van der Waals surface area contributed by atoms with Gasteiger partial charge in [-0.3, -0.25) is 4.57 Å². The van der Waals surface area contributed by atoms with Crippen LogP contribution < -0.4 is 4.74 Å². The molecule has 0 fully saturated rings. The van der Waals surface area contributed by atoms with E-state index >= 15 is 0 Å². The van der Waals surface area contributed by atoms with Gasteiger partial charge in [0.15, 0.2) is 0 Å². The van der Waals surface area contributed by atoms with Gasteiger partial charge in [-0.2, -0.15) is 0 Å². The Kier molecular flexibility index (Phi) is 5.21. The molecule has 0 amide bonds. The summed E-state index contributed by atoms with van der Waals surface area (Å²) < 4.78 is 13.6. The van der Waals surface area contributed by atoms with Crippen LogP contribution >= 0.6 is 11.3 Å². The molecule has 0 N–H and O–H groups in total. The molecule has 0 aliphatic rings. The lowest BCUT2D eigenvalue weighted by molar-refractivity contribution is 0.490. The summed E-state index contributed by atoms with van der Waals surface area (Å²) in [7, 11) is 2.06. The van der Waals surface area contributed by atoms with Crippen LogP contribution in [0.1, 0.15) is 0 Å². The van der Waals surface area contributed by atoms with Gasteiger partial charge in [0.1, 0.15) is 23.1 Å². The molecule has 0 atom stereocenters. The second-order valence-electron chi connectivity index (χ2n) is 10.7. The Bertz CT molecular complexity index is 2500. The van der Waals surface area contributed by atoms with Crippen molar-refractivity contribution in [1.29, 1.82) is 0 Å². The lowest BCUT2D eigenvalue weighted by atomic mass is 10.0. The fourth-order valence-corrected chi connectivity index (χ4v) is 7.52. The molecule has 5 aromatic carbocycles. The van der Waals surface area contributed by atoms with Crippen molar-refractivity contribution in [3.05, 3.63) is 128 Å². The number of hydrogen-bond acceptors (Lipinski definition) is 4. The van der Waals surface area contributed by atoms with Crippen molar-refractivity contribution < 1.29 is 4.74 Å². The number of pyridine rings is 1. The maximum Gasteiger partial charge on any atom is 0.147 e. The molecule has 4 heterocycles. The molecule has 0 radical (unpaired) electrons. The first-order valence-electron chi connectivity index (χ1n) is 14.2. The van der Waals surface area contributed by atoms with E-state index in [1.807, 2.05) is 48.7 Å². The Morgan fingerprint density at radius 2 is 1.47 bits per heavy atom. The van der Waals surface area contributed by atoms with E-state index in [1.54, 1.807) is 11.3 Å². The van der Waals surface area contributed by atoms with E-state index in [4.69, 9.17) is 14.7 Å². The van der Waals surface area contributed by atoms with Gasteiger partial charge in [-0.1, -0.05) is 66.7 Å². The SMILES string of the molecule is Cn1c(-c2cccc(Oc3cc4c(c5ccccc5n4-c4ccccn4)c4c3sc3ccccc34)c2)nc2ccccc21. The summed E-state index contributed by atoms with van der Waals surface area (Å²) in [4.78, 5) is 9.67. The van der Waals surface area contributed by atoms with Gasteiger partial charge in [-0.25, -0.2) is 9.97 Å². The first-order valence-corrected chi connectivity index (χ1v) is 15.0. The molecule has 0 spiro atoms. The minimum Gasteiger partial charge on any atom is -0.456 e.